The van der Waals surface area contributed by atoms with E-state index >= 15 is 0 Å². The molecule has 1 atom stereocenters. The van der Waals surface area contributed by atoms with Gasteiger partial charge in [-0.05, 0) is 101 Å². The summed E-state index contributed by atoms with van der Waals surface area (Å²) in [6, 6.07) is 76.4. The Labute approximate surface area is 386 Å². The summed E-state index contributed by atoms with van der Waals surface area (Å²) in [5.41, 5.74) is 12.8. The molecule has 0 saturated carbocycles. The number of aliphatic imine (C=N–C) groups is 2. The summed E-state index contributed by atoms with van der Waals surface area (Å²) in [7, 11) is 0. The smallest absolute Gasteiger partial charge is 0.157 e. The fourth-order valence-corrected chi connectivity index (χ4v) is 11.1. The van der Waals surface area contributed by atoms with Gasteiger partial charge in [-0.25, -0.2) is 4.99 Å². The summed E-state index contributed by atoms with van der Waals surface area (Å²) < 4.78 is 11.6. The second-order valence-corrected chi connectivity index (χ2v) is 17.9. The normalized spacial score (nSPS) is 16.3. The molecule has 5 heteroatoms. The largest absolute Gasteiger partial charge is 0.456 e. The van der Waals surface area contributed by atoms with Crippen molar-refractivity contribution in [3.63, 3.8) is 0 Å². The topological polar surface area (TPSA) is 47.7 Å². The number of benzene rings is 10. The van der Waals surface area contributed by atoms with Gasteiger partial charge in [-0.1, -0.05) is 152 Å². The van der Waals surface area contributed by atoms with E-state index in [4.69, 9.17) is 14.4 Å². The third kappa shape index (κ3) is 5.94. The maximum atomic E-state index is 6.74. The maximum absolute atomic E-state index is 6.74. The quantitative estimate of drug-likeness (QED) is 0.170. The van der Waals surface area contributed by atoms with Crippen LogP contribution >= 0.6 is 0 Å². The molecule has 4 heterocycles. The second-order valence-electron chi connectivity index (χ2n) is 17.9. The Morgan fingerprint density at radius 3 is 1.94 bits per heavy atom. The van der Waals surface area contributed by atoms with Crippen LogP contribution in [0.5, 0.6) is 0 Å². The minimum Gasteiger partial charge on any atom is -0.456 e. The SMILES string of the molecule is c1ccc(-n2c3ccccc3c3c(C4CCC/C(c5cccc6ccccc56)=N\C(c5cc6c(cc5-n5c7ccccc7c7cc8ccccc8cc75)oc5ccccc56)=N/4)cccc32)cc1. The van der Waals surface area contributed by atoms with E-state index in [-0.39, 0.29) is 6.04 Å². The van der Waals surface area contributed by atoms with Crippen LogP contribution in [-0.2, 0) is 0 Å². The third-order valence-corrected chi connectivity index (χ3v) is 14.1. The molecule has 5 nitrogen and oxygen atoms in total. The molecule has 0 aliphatic carbocycles. The highest BCUT2D eigenvalue weighted by Crippen LogP contribution is 2.43. The van der Waals surface area contributed by atoms with Gasteiger partial charge in [-0.2, -0.15) is 0 Å². The Morgan fingerprint density at radius 1 is 0.433 bits per heavy atom. The fraction of sp³-hybridized carbons (Fsp3) is 0.0645. The number of fused-ring (bicyclic) bond motifs is 11. The first-order valence-electron chi connectivity index (χ1n) is 23.3. The third-order valence-electron chi connectivity index (χ3n) is 14.1. The second kappa shape index (κ2) is 15.0. The number of rotatable bonds is 5. The highest BCUT2D eigenvalue weighted by Gasteiger charge is 2.27. The van der Waals surface area contributed by atoms with Crippen molar-refractivity contribution >= 4 is 98.6 Å². The summed E-state index contributed by atoms with van der Waals surface area (Å²) >= 11 is 0. The molecule has 1 aliphatic rings. The van der Waals surface area contributed by atoms with Crippen molar-refractivity contribution in [1.29, 1.82) is 0 Å². The Morgan fingerprint density at radius 2 is 1.09 bits per heavy atom. The van der Waals surface area contributed by atoms with Crippen molar-refractivity contribution in [2.24, 2.45) is 9.98 Å². The van der Waals surface area contributed by atoms with Crippen molar-refractivity contribution < 1.29 is 4.42 Å². The highest BCUT2D eigenvalue weighted by atomic mass is 16.3. The summed E-state index contributed by atoms with van der Waals surface area (Å²) in [6.07, 6.45) is 2.58. The molecule has 0 bridgehead atoms. The molecule has 67 heavy (non-hydrogen) atoms. The molecule has 10 aromatic carbocycles. The molecule has 0 fully saturated rings. The molecule has 3 aromatic heterocycles. The number of furan rings is 1. The lowest BCUT2D eigenvalue weighted by molar-refractivity contribution is 0.626. The van der Waals surface area contributed by atoms with E-state index in [1.807, 2.05) is 6.07 Å². The predicted octanol–water partition coefficient (Wildman–Crippen LogP) is 16.2. The number of nitrogens with zero attached hydrogens (tertiary/aromatic N) is 4. The van der Waals surface area contributed by atoms with Crippen LogP contribution in [0.4, 0.5) is 0 Å². The zero-order valence-electron chi connectivity index (χ0n) is 36.6. The maximum Gasteiger partial charge on any atom is 0.157 e. The van der Waals surface area contributed by atoms with Crippen molar-refractivity contribution in [2.45, 2.75) is 25.3 Å². The summed E-state index contributed by atoms with van der Waals surface area (Å²) in [5, 5.41) is 11.8. The summed E-state index contributed by atoms with van der Waals surface area (Å²) in [4.78, 5) is 11.9. The van der Waals surface area contributed by atoms with Crippen LogP contribution in [0.25, 0.3) is 98.5 Å². The van der Waals surface area contributed by atoms with Crippen LogP contribution in [0, 0.1) is 0 Å². The van der Waals surface area contributed by atoms with Crippen LogP contribution in [0.2, 0.25) is 0 Å². The molecule has 0 spiro atoms. The number of hydrogen-bond acceptors (Lipinski definition) is 3. The lowest BCUT2D eigenvalue weighted by atomic mass is 9.92. The number of para-hydroxylation sites is 4. The molecule has 1 aliphatic heterocycles. The van der Waals surface area contributed by atoms with Crippen molar-refractivity contribution in [1.82, 2.24) is 9.13 Å². The lowest BCUT2D eigenvalue weighted by Gasteiger charge is -2.22. The van der Waals surface area contributed by atoms with Gasteiger partial charge in [0.25, 0.3) is 0 Å². The number of amidine groups is 1. The van der Waals surface area contributed by atoms with Gasteiger partial charge in [0.05, 0.1) is 39.5 Å². The van der Waals surface area contributed by atoms with Crippen LogP contribution in [0.3, 0.4) is 0 Å². The van der Waals surface area contributed by atoms with E-state index in [0.717, 1.165) is 80.4 Å². The zero-order valence-corrected chi connectivity index (χ0v) is 36.6. The van der Waals surface area contributed by atoms with E-state index in [9.17, 15) is 0 Å². The van der Waals surface area contributed by atoms with Gasteiger partial charge < -0.3 is 13.6 Å². The van der Waals surface area contributed by atoms with Crippen molar-refractivity contribution in [3.8, 4) is 11.4 Å². The number of aromatic nitrogens is 2. The van der Waals surface area contributed by atoms with Crippen LogP contribution in [-0.4, -0.2) is 20.7 Å². The van der Waals surface area contributed by atoms with Gasteiger partial charge in [0.1, 0.15) is 11.2 Å². The summed E-state index contributed by atoms with van der Waals surface area (Å²) in [5.74, 6) is 0.713. The molecular weight excluding hydrogens is 817 g/mol. The Kier molecular flexibility index (Phi) is 8.47. The van der Waals surface area contributed by atoms with E-state index in [2.05, 4.69) is 215 Å². The summed E-state index contributed by atoms with van der Waals surface area (Å²) in [6.45, 7) is 0. The fourth-order valence-electron chi connectivity index (χ4n) is 11.1. The van der Waals surface area contributed by atoms with E-state index in [0.29, 0.717) is 5.84 Å². The average Bonchev–Trinajstić information content (AvgIpc) is 4.02. The monoisotopic (exact) mass is 858 g/mol. The molecule has 0 amide bonds. The van der Waals surface area contributed by atoms with Gasteiger partial charge in [-0.3, -0.25) is 4.99 Å². The molecule has 316 valence electrons. The van der Waals surface area contributed by atoms with Gasteiger partial charge >= 0.3 is 0 Å². The van der Waals surface area contributed by atoms with Gasteiger partial charge in [0.2, 0.25) is 0 Å². The molecule has 0 saturated heterocycles. The first-order valence-corrected chi connectivity index (χ1v) is 23.3. The van der Waals surface area contributed by atoms with Gasteiger partial charge in [0, 0.05) is 55.2 Å². The molecule has 0 N–H and O–H groups in total. The zero-order chi connectivity index (χ0) is 44.0. The standard InChI is InChI=1S/C62H42N4O/c1-2-21-42(22-3-1)65-55-32-12-9-26-48(55)61-47(28-15-33-56(61)65)53-30-16-29-52(44-27-14-20-39-17-6-7-23-43(39)44)63-62(64-53)51-37-50-46-25-10-13-34-59(46)67-60(50)38-58(51)66-54-31-11-8-24-45(54)49-35-40-18-4-5-19-41(40)36-57(49)66/h1-15,17-28,31-38,53H,16,29-30H2/b63-52+,64-62-. The lowest BCUT2D eigenvalue weighted by Crippen LogP contribution is -2.15. The van der Waals surface area contributed by atoms with Crippen LogP contribution in [0.1, 0.15) is 42.0 Å². The van der Waals surface area contributed by atoms with Crippen LogP contribution < -0.4 is 0 Å². The van der Waals surface area contributed by atoms with E-state index in [1.165, 1.54) is 59.7 Å². The van der Waals surface area contributed by atoms with Gasteiger partial charge in [0.15, 0.2) is 5.84 Å². The minimum atomic E-state index is -0.182. The molecular formula is C62H42N4O. The van der Waals surface area contributed by atoms with E-state index in [1.54, 1.807) is 0 Å². The first-order chi connectivity index (χ1) is 33.2. The average molecular weight is 859 g/mol. The van der Waals surface area contributed by atoms with Crippen LogP contribution in [0.15, 0.2) is 227 Å². The Hall–Kier alpha value is -8.54. The highest BCUT2D eigenvalue weighted by molar-refractivity contribution is 6.21. The Bertz CT molecular complexity index is 4200. The molecule has 0 radical (unpaired) electrons. The predicted molar refractivity (Wildman–Crippen MR) is 280 cm³/mol. The first kappa shape index (κ1) is 37.8. The number of hydrogen-bond donors (Lipinski definition) is 0. The van der Waals surface area contributed by atoms with Gasteiger partial charge in [-0.15, -0.1) is 0 Å². The molecule has 13 aromatic rings. The van der Waals surface area contributed by atoms with Crippen molar-refractivity contribution in [2.75, 3.05) is 0 Å². The Balaban J connectivity index is 1.10. The minimum absolute atomic E-state index is 0.182. The molecule has 14 rings (SSSR count). The van der Waals surface area contributed by atoms with E-state index < -0.39 is 0 Å². The van der Waals surface area contributed by atoms with Crippen molar-refractivity contribution in [3.05, 3.63) is 229 Å². The molecule has 1 unspecified atom stereocenters.